The topological polar surface area (TPSA) is 81.7 Å². The molecule has 114 valence electrons. The van der Waals surface area contributed by atoms with E-state index in [1.807, 2.05) is 22.9 Å². The van der Waals surface area contributed by atoms with Crippen molar-refractivity contribution < 1.29 is 14.6 Å². The standard InChI is InChI=1S/C15H14N4O3.Na.H/c20-15(21)10-4-16-19(5-10)7-12-6-18-3-1-2-13(14(18)17-12)11-8-22-9-11;;/h1-6,11H,7-9H2,(H,20,21);;. The number of imidazole rings is 1. The van der Waals surface area contributed by atoms with Gasteiger partial charge in [-0.05, 0) is 6.07 Å². The first kappa shape index (κ1) is 16.2. The number of nitrogens with zero attached hydrogens (tertiary/aromatic N) is 4. The van der Waals surface area contributed by atoms with Gasteiger partial charge in [0.05, 0.1) is 37.2 Å². The van der Waals surface area contributed by atoms with Crippen molar-refractivity contribution in [3.63, 3.8) is 0 Å². The van der Waals surface area contributed by atoms with Crippen molar-refractivity contribution in [3.05, 3.63) is 53.7 Å². The van der Waals surface area contributed by atoms with E-state index in [0.717, 1.165) is 24.6 Å². The fourth-order valence-electron chi connectivity index (χ4n) is 2.62. The molecule has 3 aromatic heterocycles. The van der Waals surface area contributed by atoms with Crippen LogP contribution in [0.4, 0.5) is 0 Å². The number of aromatic nitrogens is 4. The summed E-state index contributed by atoms with van der Waals surface area (Å²) in [4.78, 5) is 15.5. The number of rotatable bonds is 4. The van der Waals surface area contributed by atoms with Gasteiger partial charge < -0.3 is 14.2 Å². The van der Waals surface area contributed by atoms with E-state index in [-0.39, 0.29) is 35.1 Å². The Morgan fingerprint density at radius 3 is 2.87 bits per heavy atom. The monoisotopic (exact) mass is 322 g/mol. The van der Waals surface area contributed by atoms with E-state index in [2.05, 4.69) is 16.1 Å². The van der Waals surface area contributed by atoms with E-state index in [1.165, 1.54) is 18.0 Å². The van der Waals surface area contributed by atoms with Crippen LogP contribution in [0.5, 0.6) is 0 Å². The van der Waals surface area contributed by atoms with Gasteiger partial charge in [-0.15, -0.1) is 0 Å². The number of fused-ring (bicyclic) bond motifs is 1. The van der Waals surface area contributed by atoms with Crippen LogP contribution in [0.1, 0.15) is 27.5 Å². The van der Waals surface area contributed by atoms with E-state index in [4.69, 9.17) is 9.84 Å². The third kappa shape index (κ3) is 3.05. The van der Waals surface area contributed by atoms with E-state index < -0.39 is 5.97 Å². The summed E-state index contributed by atoms with van der Waals surface area (Å²) in [6.07, 6.45) is 6.75. The van der Waals surface area contributed by atoms with Crippen molar-refractivity contribution in [2.45, 2.75) is 12.5 Å². The van der Waals surface area contributed by atoms with Crippen LogP contribution in [0.15, 0.2) is 36.9 Å². The number of carbonyl (C=O) groups is 1. The number of hydrogen-bond acceptors (Lipinski definition) is 4. The molecule has 0 spiro atoms. The molecule has 0 saturated carbocycles. The van der Waals surface area contributed by atoms with E-state index in [9.17, 15) is 4.79 Å². The number of pyridine rings is 1. The zero-order valence-corrected chi connectivity index (χ0v) is 11.7. The minimum absolute atomic E-state index is 0. The third-order valence-electron chi connectivity index (χ3n) is 3.84. The molecular formula is C15H15N4NaO3. The number of carboxylic acid groups (broad SMARTS) is 1. The molecule has 7 nitrogen and oxygen atoms in total. The van der Waals surface area contributed by atoms with Gasteiger partial charge in [-0.25, -0.2) is 9.78 Å². The fourth-order valence-corrected chi connectivity index (χ4v) is 2.62. The molecule has 4 rings (SSSR count). The molecule has 1 aliphatic heterocycles. The van der Waals surface area contributed by atoms with Gasteiger partial charge in [0.2, 0.25) is 0 Å². The van der Waals surface area contributed by atoms with Crippen molar-refractivity contribution in [1.29, 1.82) is 0 Å². The van der Waals surface area contributed by atoms with Crippen LogP contribution in [0, 0.1) is 0 Å². The summed E-state index contributed by atoms with van der Waals surface area (Å²) >= 11 is 0. The first-order valence-corrected chi connectivity index (χ1v) is 7.01. The maximum absolute atomic E-state index is 10.9. The molecule has 0 aromatic carbocycles. The Kier molecular flexibility index (Phi) is 4.54. The molecule has 1 aliphatic rings. The summed E-state index contributed by atoms with van der Waals surface area (Å²) in [5, 5.41) is 13.0. The summed E-state index contributed by atoms with van der Waals surface area (Å²) in [7, 11) is 0. The van der Waals surface area contributed by atoms with Crippen LogP contribution in [-0.2, 0) is 11.3 Å². The van der Waals surface area contributed by atoms with Crippen molar-refractivity contribution >= 4 is 41.2 Å². The van der Waals surface area contributed by atoms with Crippen LogP contribution in [-0.4, -0.2) is 73.0 Å². The zero-order valence-electron chi connectivity index (χ0n) is 11.7. The molecule has 4 heterocycles. The van der Waals surface area contributed by atoms with Crippen molar-refractivity contribution in [2.24, 2.45) is 0 Å². The molecule has 0 unspecified atom stereocenters. The third-order valence-corrected chi connectivity index (χ3v) is 3.84. The first-order valence-electron chi connectivity index (χ1n) is 7.01. The number of carboxylic acids is 1. The van der Waals surface area contributed by atoms with Gasteiger partial charge in [-0.2, -0.15) is 5.10 Å². The van der Waals surface area contributed by atoms with Gasteiger partial charge in [-0.1, -0.05) is 6.07 Å². The van der Waals surface area contributed by atoms with Gasteiger partial charge >= 0.3 is 35.5 Å². The molecular weight excluding hydrogens is 307 g/mol. The molecule has 0 atom stereocenters. The van der Waals surface area contributed by atoms with Crippen molar-refractivity contribution in [3.8, 4) is 0 Å². The Hall–Kier alpha value is -1.67. The van der Waals surface area contributed by atoms with Crippen LogP contribution in [0.2, 0.25) is 0 Å². The second-order valence-corrected chi connectivity index (χ2v) is 5.39. The predicted octanol–water partition coefficient (Wildman–Crippen LogP) is 0.743. The molecule has 23 heavy (non-hydrogen) atoms. The zero-order chi connectivity index (χ0) is 15.1. The SMILES string of the molecule is O=C(O)c1cnn(Cc2cn3cccc(C4COC4)c3n2)c1.[NaH]. The first-order chi connectivity index (χ1) is 10.7. The maximum atomic E-state index is 10.9. The summed E-state index contributed by atoms with van der Waals surface area (Å²) in [6, 6.07) is 4.08. The quantitative estimate of drug-likeness (QED) is 0.717. The van der Waals surface area contributed by atoms with Gasteiger partial charge in [0.25, 0.3) is 0 Å². The van der Waals surface area contributed by atoms with Gasteiger partial charge in [0.1, 0.15) is 5.65 Å². The molecule has 1 fully saturated rings. The second kappa shape index (κ2) is 6.45. The Morgan fingerprint density at radius 1 is 1.39 bits per heavy atom. The Labute approximate surface area is 154 Å². The molecule has 0 amide bonds. The van der Waals surface area contributed by atoms with Gasteiger partial charge in [-0.3, -0.25) is 4.68 Å². The summed E-state index contributed by atoms with van der Waals surface area (Å²) in [5.74, 6) is -0.573. The molecule has 0 bridgehead atoms. The molecule has 1 saturated heterocycles. The van der Waals surface area contributed by atoms with Crippen molar-refractivity contribution in [1.82, 2.24) is 19.2 Å². The number of hydrogen-bond donors (Lipinski definition) is 1. The van der Waals surface area contributed by atoms with Crippen LogP contribution in [0.25, 0.3) is 5.65 Å². The molecule has 0 aliphatic carbocycles. The molecule has 3 aromatic rings. The Balaban J connectivity index is 0.00000156. The summed E-state index contributed by atoms with van der Waals surface area (Å²) in [5.41, 5.74) is 3.13. The number of ether oxygens (including phenoxy) is 1. The van der Waals surface area contributed by atoms with E-state index >= 15 is 0 Å². The van der Waals surface area contributed by atoms with Crippen molar-refractivity contribution in [2.75, 3.05) is 13.2 Å². The van der Waals surface area contributed by atoms with Crippen LogP contribution < -0.4 is 0 Å². The predicted molar refractivity (Wildman–Crippen MR) is 84.2 cm³/mol. The average molecular weight is 322 g/mol. The normalized spacial score (nSPS) is 14.4. The summed E-state index contributed by atoms with van der Waals surface area (Å²) < 4.78 is 8.83. The van der Waals surface area contributed by atoms with Crippen LogP contribution in [0.3, 0.4) is 0 Å². The fraction of sp³-hybridized carbons (Fsp3) is 0.267. The number of aromatic carboxylic acids is 1. The molecule has 0 radical (unpaired) electrons. The van der Waals surface area contributed by atoms with Gasteiger partial charge in [0, 0.05) is 30.1 Å². The van der Waals surface area contributed by atoms with E-state index in [1.54, 1.807) is 4.68 Å². The molecule has 1 N–H and O–H groups in total. The minimum atomic E-state index is -0.978. The summed E-state index contributed by atoms with van der Waals surface area (Å²) in [6.45, 7) is 1.92. The Morgan fingerprint density at radius 2 is 2.22 bits per heavy atom. The second-order valence-electron chi connectivity index (χ2n) is 5.39. The van der Waals surface area contributed by atoms with Crippen LogP contribution >= 0.6 is 0 Å². The average Bonchev–Trinajstić information content (AvgIpc) is 3.04. The van der Waals surface area contributed by atoms with Gasteiger partial charge in [0.15, 0.2) is 0 Å². The van der Waals surface area contributed by atoms with E-state index in [0.29, 0.717) is 12.5 Å². The molecule has 8 heteroatoms. The Bertz CT molecular complexity index is 853.